The molecule has 0 saturated heterocycles. The highest BCUT2D eigenvalue weighted by Gasteiger charge is 2.30. The van der Waals surface area contributed by atoms with Crippen molar-refractivity contribution in [2.75, 3.05) is 5.32 Å². The van der Waals surface area contributed by atoms with E-state index in [0.29, 0.717) is 17.8 Å². The summed E-state index contributed by atoms with van der Waals surface area (Å²) in [5, 5.41) is 7.79. The number of anilines is 1. The summed E-state index contributed by atoms with van der Waals surface area (Å²) in [5.74, 6) is -0.153. The van der Waals surface area contributed by atoms with Crippen molar-refractivity contribution in [2.24, 2.45) is 5.92 Å². The van der Waals surface area contributed by atoms with Crippen molar-refractivity contribution in [1.29, 1.82) is 0 Å². The number of benzene rings is 2. The average molecular weight is 345 g/mol. The van der Waals surface area contributed by atoms with E-state index in [1.54, 1.807) is 12.4 Å². The van der Waals surface area contributed by atoms with E-state index in [1.165, 1.54) is 0 Å². The SMILES string of the molecule is O=C(NCc1cccnc1)c1cc2ccccc2cc1NC(=O)C1CC1. The number of hydrogen-bond acceptors (Lipinski definition) is 3. The molecule has 5 heteroatoms. The number of nitrogens with zero attached hydrogens (tertiary/aromatic N) is 1. The third-order valence-electron chi connectivity index (χ3n) is 4.51. The van der Waals surface area contributed by atoms with Gasteiger partial charge in [0.05, 0.1) is 11.3 Å². The maximum atomic E-state index is 12.8. The highest BCUT2D eigenvalue weighted by atomic mass is 16.2. The van der Waals surface area contributed by atoms with Crippen LogP contribution in [-0.2, 0) is 11.3 Å². The molecule has 1 aromatic heterocycles. The van der Waals surface area contributed by atoms with E-state index in [4.69, 9.17) is 0 Å². The van der Waals surface area contributed by atoms with Crippen LogP contribution in [0, 0.1) is 5.92 Å². The Bertz CT molecular complexity index is 965. The lowest BCUT2D eigenvalue weighted by molar-refractivity contribution is -0.117. The van der Waals surface area contributed by atoms with Gasteiger partial charge in [0, 0.05) is 24.9 Å². The molecule has 0 bridgehead atoms. The van der Waals surface area contributed by atoms with Gasteiger partial charge in [0.1, 0.15) is 0 Å². The molecule has 1 aliphatic carbocycles. The van der Waals surface area contributed by atoms with Crippen molar-refractivity contribution in [2.45, 2.75) is 19.4 Å². The zero-order chi connectivity index (χ0) is 17.9. The van der Waals surface area contributed by atoms with Crippen molar-refractivity contribution in [3.8, 4) is 0 Å². The number of hydrogen-bond donors (Lipinski definition) is 2. The van der Waals surface area contributed by atoms with Gasteiger partial charge < -0.3 is 10.6 Å². The Kier molecular flexibility index (Phi) is 4.35. The van der Waals surface area contributed by atoms with Crippen molar-refractivity contribution in [3.05, 3.63) is 72.1 Å². The molecule has 0 aliphatic heterocycles. The second-order valence-corrected chi connectivity index (χ2v) is 6.55. The molecule has 2 N–H and O–H groups in total. The van der Waals surface area contributed by atoms with Gasteiger partial charge in [0.25, 0.3) is 5.91 Å². The number of carbonyl (C=O) groups excluding carboxylic acids is 2. The predicted octanol–water partition coefficient (Wildman–Crippen LogP) is 3.51. The minimum atomic E-state index is -0.217. The molecule has 26 heavy (non-hydrogen) atoms. The average Bonchev–Trinajstić information content (AvgIpc) is 3.52. The molecule has 0 atom stereocenters. The van der Waals surface area contributed by atoms with Crippen molar-refractivity contribution in [1.82, 2.24) is 10.3 Å². The molecule has 1 heterocycles. The van der Waals surface area contributed by atoms with E-state index in [1.807, 2.05) is 48.5 Å². The monoisotopic (exact) mass is 345 g/mol. The van der Waals surface area contributed by atoms with Crippen LogP contribution in [0.3, 0.4) is 0 Å². The highest BCUT2D eigenvalue weighted by molar-refractivity contribution is 6.08. The zero-order valence-corrected chi connectivity index (χ0v) is 14.2. The van der Waals surface area contributed by atoms with E-state index in [9.17, 15) is 9.59 Å². The van der Waals surface area contributed by atoms with E-state index in [2.05, 4.69) is 15.6 Å². The maximum absolute atomic E-state index is 12.8. The number of amides is 2. The van der Waals surface area contributed by atoms with Crippen LogP contribution >= 0.6 is 0 Å². The largest absolute Gasteiger partial charge is 0.348 e. The van der Waals surface area contributed by atoms with Crippen LogP contribution in [0.2, 0.25) is 0 Å². The third kappa shape index (κ3) is 3.57. The van der Waals surface area contributed by atoms with Crippen LogP contribution in [0.25, 0.3) is 10.8 Å². The lowest BCUT2D eigenvalue weighted by atomic mass is 10.0. The third-order valence-corrected chi connectivity index (χ3v) is 4.51. The summed E-state index contributed by atoms with van der Waals surface area (Å²) < 4.78 is 0. The van der Waals surface area contributed by atoms with Crippen LogP contribution in [0.15, 0.2) is 60.9 Å². The molecule has 0 radical (unpaired) electrons. The van der Waals surface area contributed by atoms with E-state index in [-0.39, 0.29) is 17.7 Å². The summed E-state index contributed by atoms with van der Waals surface area (Å²) in [4.78, 5) is 29.0. The molecule has 0 spiro atoms. The molecule has 0 unspecified atom stereocenters. The zero-order valence-electron chi connectivity index (χ0n) is 14.2. The Balaban J connectivity index is 1.62. The Morgan fingerprint density at radius 2 is 1.81 bits per heavy atom. The van der Waals surface area contributed by atoms with Gasteiger partial charge in [0.15, 0.2) is 0 Å². The summed E-state index contributed by atoms with van der Waals surface area (Å²) in [6.07, 6.45) is 5.25. The van der Waals surface area contributed by atoms with Gasteiger partial charge >= 0.3 is 0 Å². The first-order chi connectivity index (χ1) is 12.7. The Hall–Kier alpha value is -3.21. The van der Waals surface area contributed by atoms with E-state index >= 15 is 0 Å². The van der Waals surface area contributed by atoms with Crippen molar-refractivity contribution >= 4 is 28.3 Å². The number of aromatic nitrogens is 1. The minimum absolute atomic E-state index is 0.0124. The summed E-state index contributed by atoms with van der Waals surface area (Å²) in [5.41, 5.74) is 1.95. The van der Waals surface area contributed by atoms with Crippen LogP contribution < -0.4 is 10.6 Å². The predicted molar refractivity (Wildman–Crippen MR) is 101 cm³/mol. The van der Waals surface area contributed by atoms with Crippen LogP contribution in [-0.4, -0.2) is 16.8 Å². The maximum Gasteiger partial charge on any atom is 0.253 e. The fourth-order valence-electron chi connectivity index (χ4n) is 2.89. The molecule has 5 nitrogen and oxygen atoms in total. The van der Waals surface area contributed by atoms with Gasteiger partial charge in [-0.1, -0.05) is 30.3 Å². The molecular formula is C21H19N3O2. The van der Waals surface area contributed by atoms with Gasteiger partial charge in [-0.3, -0.25) is 14.6 Å². The summed E-state index contributed by atoms with van der Waals surface area (Å²) in [6.45, 7) is 0.384. The van der Waals surface area contributed by atoms with E-state index in [0.717, 1.165) is 29.2 Å². The van der Waals surface area contributed by atoms with Crippen molar-refractivity contribution in [3.63, 3.8) is 0 Å². The first kappa shape index (κ1) is 16.3. The molecule has 4 rings (SSSR count). The molecule has 130 valence electrons. The summed E-state index contributed by atoms with van der Waals surface area (Å²) >= 11 is 0. The topological polar surface area (TPSA) is 71.1 Å². The molecule has 1 fully saturated rings. The number of carbonyl (C=O) groups is 2. The second kappa shape index (κ2) is 6.96. The summed E-state index contributed by atoms with van der Waals surface area (Å²) in [6, 6.07) is 15.2. The van der Waals surface area contributed by atoms with Gasteiger partial charge in [0.2, 0.25) is 5.91 Å². The fraction of sp³-hybridized carbons (Fsp3) is 0.190. The smallest absolute Gasteiger partial charge is 0.253 e. The molecule has 3 aromatic rings. The molecule has 2 aromatic carbocycles. The Labute approximate surface area is 151 Å². The molecule has 1 aliphatic rings. The Morgan fingerprint density at radius 1 is 1.04 bits per heavy atom. The van der Waals surface area contributed by atoms with Crippen LogP contribution in [0.5, 0.6) is 0 Å². The normalized spacial score (nSPS) is 13.4. The molecular weight excluding hydrogens is 326 g/mol. The van der Waals surface area contributed by atoms with Gasteiger partial charge in [-0.2, -0.15) is 0 Å². The van der Waals surface area contributed by atoms with Crippen LogP contribution in [0.1, 0.15) is 28.8 Å². The van der Waals surface area contributed by atoms with Crippen molar-refractivity contribution < 1.29 is 9.59 Å². The first-order valence-electron chi connectivity index (χ1n) is 8.71. The van der Waals surface area contributed by atoms with Gasteiger partial charge in [-0.05, 0) is 47.4 Å². The second-order valence-electron chi connectivity index (χ2n) is 6.55. The molecule has 1 saturated carbocycles. The summed E-state index contributed by atoms with van der Waals surface area (Å²) in [7, 11) is 0. The number of nitrogens with one attached hydrogen (secondary N) is 2. The van der Waals surface area contributed by atoms with Gasteiger partial charge in [-0.15, -0.1) is 0 Å². The number of fused-ring (bicyclic) bond motifs is 1. The lowest BCUT2D eigenvalue weighted by Crippen LogP contribution is -2.25. The quantitative estimate of drug-likeness (QED) is 0.743. The highest BCUT2D eigenvalue weighted by Crippen LogP contribution is 2.32. The molecule has 2 amide bonds. The Morgan fingerprint density at radius 3 is 2.50 bits per heavy atom. The lowest BCUT2D eigenvalue weighted by Gasteiger charge is -2.13. The number of pyridine rings is 1. The van der Waals surface area contributed by atoms with Crippen LogP contribution in [0.4, 0.5) is 5.69 Å². The van der Waals surface area contributed by atoms with Gasteiger partial charge in [-0.25, -0.2) is 0 Å². The van der Waals surface area contributed by atoms with E-state index < -0.39 is 0 Å². The fourth-order valence-corrected chi connectivity index (χ4v) is 2.89. The minimum Gasteiger partial charge on any atom is -0.348 e. The first-order valence-corrected chi connectivity index (χ1v) is 8.71. The standard InChI is InChI=1S/C21H19N3O2/c25-20(15-7-8-15)24-19-11-17-6-2-1-5-16(17)10-18(19)21(26)23-13-14-4-3-9-22-12-14/h1-6,9-12,15H,7-8,13H2,(H,23,26)(H,24,25). The number of rotatable bonds is 5.